The second kappa shape index (κ2) is 8.67. The minimum absolute atomic E-state index is 0.00109. The van der Waals surface area contributed by atoms with Crippen LogP contribution in [0.5, 0.6) is 0 Å². The third kappa shape index (κ3) is 5.05. The summed E-state index contributed by atoms with van der Waals surface area (Å²) >= 11 is 0. The fraction of sp³-hybridized carbons (Fsp3) is 0.333. The Balaban J connectivity index is 1.70. The van der Waals surface area contributed by atoms with Gasteiger partial charge >= 0.3 is 0 Å². The molecule has 3 aromatic rings. The first-order valence-corrected chi connectivity index (χ1v) is 12.3. The molecule has 2 aromatic carbocycles. The first-order chi connectivity index (χ1) is 14.8. The first kappa shape index (κ1) is 21.3. The molecular weight excluding hydrogens is 410 g/mol. The summed E-state index contributed by atoms with van der Waals surface area (Å²) in [4.78, 5) is 15.2. The molecule has 1 unspecified atom stereocenters. The zero-order chi connectivity index (χ0) is 22.0. The summed E-state index contributed by atoms with van der Waals surface area (Å²) in [5.74, 6) is -0.145. The van der Waals surface area contributed by atoms with Gasteiger partial charge in [-0.1, -0.05) is 67.1 Å². The minimum Gasteiger partial charge on any atom is -0.337 e. The van der Waals surface area contributed by atoms with E-state index in [2.05, 4.69) is 0 Å². The normalized spacial score (nSPS) is 18.5. The summed E-state index contributed by atoms with van der Waals surface area (Å²) in [5.41, 5.74) is 4.23. The molecule has 162 valence electrons. The third-order valence-corrected chi connectivity index (χ3v) is 7.42. The summed E-state index contributed by atoms with van der Waals surface area (Å²) < 4.78 is 26.1. The van der Waals surface area contributed by atoms with Crippen molar-refractivity contribution in [1.29, 1.82) is 0 Å². The first-order valence-electron chi connectivity index (χ1n) is 10.5. The Kier molecular flexibility index (Phi) is 5.96. The van der Waals surface area contributed by atoms with Crippen molar-refractivity contribution >= 4 is 15.7 Å². The van der Waals surface area contributed by atoms with Gasteiger partial charge < -0.3 is 4.90 Å². The lowest BCUT2D eigenvalue weighted by Crippen LogP contribution is -2.35. The highest BCUT2D eigenvalue weighted by Gasteiger charge is 2.30. The number of aryl methyl sites for hydroxylation is 1. The van der Waals surface area contributed by atoms with Gasteiger partial charge in [0.2, 0.25) is 0 Å². The largest absolute Gasteiger partial charge is 0.337 e. The average molecular weight is 438 g/mol. The van der Waals surface area contributed by atoms with Crippen LogP contribution in [0, 0.1) is 12.8 Å². The van der Waals surface area contributed by atoms with Crippen molar-refractivity contribution in [2.75, 3.05) is 24.6 Å². The highest BCUT2D eigenvalue weighted by atomic mass is 32.2. The molecule has 1 aliphatic heterocycles. The van der Waals surface area contributed by atoms with E-state index in [0.29, 0.717) is 24.3 Å². The van der Waals surface area contributed by atoms with Gasteiger partial charge in [0, 0.05) is 24.8 Å². The lowest BCUT2D eigenvalue weighted by atomic mass is 10.1. The molecule has 31 heavy (non-hydrogen) atoms. The van der Waals surface area contributed by atoms with Gasteiger partial charge in [0.1, 0.15) is 5.69 Å². The molecule has 1 aliphatic rings. The van der Waals surface area contributed by atoms with Crippen LogP contribution in [0.15, 0.2) is 60.8 Å². The van der Waals surface area contributed by atoms with Crippen LogP contribution in [0.1, 0.15) is 28.4 Å². The number of carbonyl (C=O) groups excluding carboxylic acids is 1. The van der Waals surface area contributed by atoms with E-state index in [0.717, 1.165) is 16.7 Å². The Morgan fingerprint density at radius 3 is 2.52 bits per heavy atom. The van der Waals surface area contributed by atoms with Crippen LogP contribution in [0.4, 0.5) is 0 Å². The van der Waals surface area contributed by atoms with Crippen molar-refractivity contribution in [2.24, 2.45) is 5.92 Å². The highest BCUT2D eigenvalue weighted by Crippen LogP contribution is 2.25. The molecule has 2 heterocycles. The molecule has 7 heteroatoms. The van der Waals surface area contributed by atoms with Gasteiger partial charge in [0.15, 0.2) is 9.84 Å². The van der Waals surface area contributed by atoms with E-state index in [1.807, 2.05) is 68.4 Å². The topological polar surface area (TPSA) is 72.3 Å². The number of carbonyl (C=O) groups is 1. The SMILES string of the molecule is Cc1ccc(-c2nn(Cc3ccccc3)cc2C(=O)N2CCS(=O)(=O)CC(C)C2)cc1. The number of benzene rings is 2. The second-order valence-electron chi connectivity index (χ2n) is 8.41. The molecule has 1 aromatic heterocycles. The predicted octanol–water partition coefficient (Wildman–Crippen LogP) is 3.41. The molecule has 1 saturated heterocycles. The Hall–Kier alpha value is -2.93. The van der Waals surface area contributed by atoms with Crippen molar-refractivity contribution in [2.45, 2.75) is 20.4 Å². The summed E-state index contributed by atoms with van der Waals surface area (Å²) in [5, 5.41) is 4.74. The van der Waals surface area contributed by atoms with Crippen LogP contribution < -0.4 is 0 Å². The second-order valence-corrected chi connectivity index (χ2v) is 10.6. The number of rotatable bonds is 4. The quantitative estimate of drug-likeness (QED) is 0.627. The van der Waals surface area contributed by atoms with E-state index < -0.39 is 9.84 Å². The summed E-state index contributed by atoms with van der Waals surface area (Å²) in [7, 11) is -3.13. The maximum Gasteiger partial charge on any atom is 0.257 e. The fourth-order valence-electron chi connectivity index (χ4n) is 4.00. The third-order valence-electron chi connectivity index (χ3n) is 5.53. The molecule has 0 spiro atoms. The molecular formula is C24H27N3O3S. The average Bonchev–Trinajstić information content (AvgIpc) is 3.08. The van der Waals surface area contributed by atoms with Crippen LogP contribution in [0.3, 0.4) is 0 Å². The van der Waals surface area contributed by atoms with Crippen molar-refractivity contribution in [3.8, 4) is 11.3 Å². The summed E-state index contributed by atoms with van der Waals surface area (Å²) in [6.45, 7) is 5.08. The molecule has 1 atom stereocenters. The van der Waals surface area contributed by atoms with Gasteiger partial charge in [-0.05, 0) is 18.4 Å². The predicted molar refractivity (Wildman–Crippen MR) is 122 cm³/mol. The number of hydrogen-bond acceptors (Lipinski definition) is 4. The zero-order valence-electron chi connectivity index (χ0n) is 17.9. The van der Waals surface area contributed by atoms with Gasteiger partial charge in [-0.25, -0.2) is 8.42 Å². The van der Waals surface area contributed by atoms with Crippen LogP contribution in [-0.4, -0.2) is 53.6 Å². The standard InChI is InChI=1S/C24H27N3O3S/c1-18-8-10-21(11-9-18)23-22(16-27(25-23)15-20-6-4-3-5-7-20)24(28)26-12-13-31(29,30)17-19(2)14-26/h3-11,16,19H,12-15,17H2,1-2H3. The van der Waals surface area contributed by atoms with Crippen LogP contribution in [0.25, 0.3) is 11.3 Å². The van der Waals surface area contributed by atoms with Crippen LogP contribution in [-0.2, 0) is 16.4 Å². The Morgan fingerprint density at radius 1 is 1.10 bits per heavy atom. The smallest absolute Gasteiger partial charge is 0.257 e. The van der Waals surface area contributed by atoms with Crippen molar-refractivity contribution < 1.29 is 13.2 Å². The number of sulfone groups is 1. The Labute approximate surface area is 183 Å². The molecule has 4 rings (SSSR count). The molecule has 1 amide bonds. The maximum atomic E-state index is 13.5. The molecule has 0 radical (unpaired) electrons. The molecule has 0 saturated carbocycles. The molecule has 0 aliphatic carbocycles. The monoisotopic (exact) mass is 437 g/mol. The molecule has 1 fully saturated rings. The van der Waals surface area contributed by atoms with Crippen molar-refractivity contribution in [3.05, 3.63) is 77.5 Å². The number of aromatic nitrogens is 2. The zero-order valence-corrected chi connectivity index (χ0v) is 18.7. The molecule has 0 bridgehead atoms. The fourth-order valence-corrected chi connectivity index (χ4v) is 5.63. The summed E-state index contributed by atoms with van der Waals surface area (Å²) in [6, 6.07) is 17.9. The number of hydrogen-bond donors (Lipinski definition) is 0. The Morgan fingerprint density at radius 2 is 1.81 bits per heavy atom. The van der Waals surface area contributed by atoms with E-state index in [1.165, 1.54) is 0 Å². The van der Waals surface area contributed by atoms with Gasteiger partial charge in [0.25, 0.3) is 5.91 Å². The molecule has 0 N–H and O–H groups in total. The van der Waals surface area contributed by atoms with Gasteiger partial charge in [-0.3, -0.25) is 9.48 Å². The van der Waals surface area contributed by atoms with E-state index in [1.54, 1.807) is 15.8 Å². The highest BCUT2D eigenvalue weighted by molar-refractivity contribution is 7.91. The van der Waals surface area contributed by atoms with E-state index in [4.69, 9.17) is 5.10 Å². The lowest BCUT2D eigenvalue weighted by molar-refractivity contribution is 0.0752. The number of nitrogens with zero attached hydrogens (tertiary/aromatic N) is 3. The van der Waals surface area contributed by atoms with Gasteiger partial charge in [-0.2, -0.15) is 5.10 Å². The van der Waals surface area contributed by atoms with E-state index >= 15 is 0 Å². The van der Waals surface area contributed by atoms with Gasteiger partial charge in [-0.15, -0.1) is 0 Å². The lowest BCUT2D eigenvalue weighted by Gasteiger charge is -2.22. The number of amides is 1. The summed E-state index contributed by atoms with van der Waals surface area (Å²) in [6.07, 6.45) is 1.79. The van der Waals surface area contributed by atoms with Gasteiger partial charge in [0.05, 0.1) is 23.6 Å². The van der Waals surface area contributed by atoms with Crippen molar-refractivity contribution in [3.63, 3.8) is 0 Å². The Bertz CT molecular complexity index is 1170. The van der Waals surface area contributed by atoms with Crippen LogP contribution >= 0.6 is 0 Å². The maximum absolute atomic E-state index is 13.5. The molecule has 6 nitrogen and oxygen atoms in total. The van der Waals surface area contributed by atoms with Crippen LogP contribution in [0.2, 0.25) is 0 Å². The van der Waals surface area contributed by atoms with Crippen molar-refractivity contribution in [1.82, 2.24) is 14.7 Å². The minimum atomic E-state index is -3.13. The van der Waals surface area contributed by atoms with E-state index in [-0.39, 0.29) is 29.9 Å². The van der Waals surface area contributed by atoms with E-state index in [9.17, 15) is 13.2 Å².